The fourth-order valence-electron chi connectivity index (χ4n) is 2.75. The fourth-order valence-corrected chi connectivity index (χ4v) is 3.17. The fraction of sp³-hybridized carbons (Fsp3) is 0. The number of benzene rings is 2. The van der Waals surface area contributed by atoms with Gasteiger partial charge in [0.15, 0.2) is 5.69 Å². The van der Waals surface area contributed by atoms with Crippen LogP contribution in [0, 0.1) is 10.1 Å². The Hall–Kier alpha value is -4.46. The van der Waals surface area contributed by atoms with Crippen LogP contribution in [0.25, 0.3) is 17.1 Å². The van der Waals surface area contributed by atoms with E-state index in [2.05, 4.69) is 51.7 Å². The molecule has 0 bridgehead atoms. The van der Waals surface area contributed by atoms with E-state index in [1.165, 1.54) is 24.4 Å². The predicted molar refractivity (Wildman–Crippen MR) is 115 cm³/mol. The number of aromatic nitrogens is 5. The SMILES string of the molecule is Nc1nonc1-n1nnc(C(=O)N/N=C\c2cccc(Br)c2)c1-c1cccc([N+](=O)[O-])c1. The Morgan fingerprint density at radius 3 is 2.78 bits per heavy atom. The molecule has 0 atom stereocenters. The monoisotopic (exact) mass is 497 g/mol. The zero-order valence-corrected chi connectivity index (χ0v) is 17.5. The first-order chi connectivity index (χ1) is 15.4. The minimum absolute atomic E-state index is 0.0318. The smallest absolute Gasteiger partial charge is 0.294 e. The number of carbonyl (C=O) groups excluding carboxylic acids is 1. The third-order valence-electron chi connectivity index (χ3n) is 4.14. The second-order valence-electron chi connectivity index (χ2n) is 6.23. The molecule has 2 aromatic heterocycles. The molecule has 0 radical (unpaired) electrons. The van der Waals surface area contributed by atoms with Crippen LogP contribution in [0.4, 0.5) is 11.5 Å². The molecule has 0 fully saturated rings. The standard InChI is InChI=1S/C18H12BrN9O4/c19-12-5-1-3-10(7-12)9-21-23-18(29)14-15(11-4-2-6-13(8-11)28(30)31)27(26-22-14)17-16(20)24-32-25-17/h1-9H,(H2,20,24)(H,23,29)/b21-9-. The number of amides is 1. The van der Waals surface area contributed by atoms with Gasteiger partial charge >= 0.3 is 0 Å². The molecule has 0 saturated carbocycles. The molecule has 3 N–H and O–H groups in total. The number of hydrogen-bond donors (Lipinski definition) is 2. The van der Waals surface area contributed by atoms with Crippen molar-refractivity contribution >= 4 is 39.6 Å². The lowest BCUT2D eigenvalue weighted by atomic mass is 10.1. The van der Waals surface area contributed by atoms with Crippen molar-refractivity contribution in [2.45, 2.75) is 0 Å². The van der Waals surface area contributed by atoms with Crippen LogP contribution in [0.1, 0.15) is 16.1 Å². The van der Waals surface area contributed by atoms with Gasteiger partial charge in [-0.1, -0.05) is 45.4 Å². The minimum atomic E-state index is -0.709. The average molecular weight is 498 g/mol. The number of rotatable bonds is 6. The number of nitrogen functional groups attached to an aromatic ring is 1. The van der Waals surface area contributed by atoms with Crippen molar-refractivity contribution < 1.29 is 14.3 Å². The van der Waals surface area contributed by atoms with Crippen molar-refractivity contribution in [3.8, 4) is 17.1 Å². The summed E-state index contributed by atoms with van der Waals surface area (Å²) in [5.74, 6) is -0.851. The van der Waals surface area contributed by atoms with Gasteiger partial charge in [0, 0.05) is 22.2 Å². The van der Waals surface area contributed by atoms with Gasteiger partial charge in [-0.25, -0.2) is 10.1 Å². The molecule has 0 unspecified atom stereocenters. The Balaban J connectivity index is 1.73. The minimum Gasteiger partial charge on any atom is -0.378 e. The Morgan fingerprint density at radius 2 is 2.06 bits per heavy atom. The number of carbonyl (C=O) groups is 1. The first kappa shape index (κ1) is 20.8. The van der Waals surface area contributed by atoms with Crippen LogP contribution in [-0.2, 0) is 0 Å². The summed E-state index contributed by atoms with van der Waals surface area (Å²) in [6.07, 6.45) is 1.44. The van der Waals surface area contributed by atoms with E-state index in [9.17, 15) is 14.9 Å². The van der Waals surface area contributed by atoms with Crippen LogP contribution in [0.15, 0.2) is 62.7 Å². The molecule has 0 aliphatic rings. The maximum Gasteiger partial charge on any atom is 0.294 e. The van der Waals surface area contributed by atoms with Gasteiger partial charge in [-0.05, 0) is 28.0 Å². The van der Waals surface area contributed by atoms with Crippen LogP contribution in [0.5, 0.6) is 0 Å². The Bertz CT molecular complexity index is 1350. The number of anilines is 1. The van der Waals surface area contributed by atoms with Crippen molar-refractivity contribution in [2.24, 2.45) is 5.10 Å². The highest BCUT2D eigenvalue weighted by atomic mass is 79.9. The Labute approximate surface area is 187 Å². The quantitative estimate of drug-likeness (QED) is 0.229. The van der Waals surface area contributed by atoms with Gasteiger partial charge < -0.3 is 5.73 Å². The van der Waals surface area contributed by atoms with E-state index in [4.69, 9.17) is 5.73 Å². The summed E-state index contributed by atoms with van der Waals surface area (Å²) in [7, 11) is 0. The van der Waals surface area contributed by atoms with Gasteiger partial charge in [0.05, 0.1) is 11.1 Å². The van der Waals surface area contributed by atoms with E-state index in [0.29, 0.717) is 0 Å². The lowest BCUT2D eigenvalue weighted by Gasteiger charge is -2.05. The van der Waals surface area contributed by atoms with Crippen molar-refractivity contribution in [3.63, 3.8) is 0 Å². The highest BCUT2D eigenvalue weighted by molar-refractivity contribution is 9.10. The lowest BCUT2D eigenvalue weighted by Crippen LogP contribution is -2.19. The first-order valence-corrected chi connectivity index (χ1v) is 9.61. The zero-order valence-electron chi connectivity index (χ0n) is 15.9. The summed E-state index contributed by atoms with van der Waals surface area (Å²) in [5.41, 5.74) is 8.85. The van der Waals surface area contributed by atoms with Crippen LogP contribution < -0.4 is 11.2 Å². The highest BCUT2D eigenvalue weighted by Gasteiger charge is 2.26. The number of hydrazone groups is 1. The Kier molecular flexibility index (Phi) is 5.67. The molecular formula is C18H12BrN9O4. The molecule has 0 aliphatic heterocycles. The number of halogens is 1. The molecule has 2 aromatic carbocycles. The summed E-state index contributed by atoms with van der Waals surface area (Å²) in [5, 5.41) is 30.1. The van der Waals surface area contributed by atoms with E-state index in [-0.39, 0.29) is 34.3 Å². The van der Waals surface area contributed by atoms with Crippen LogP contribution in [-0.4, -0.2) is 42.4 Å². The van der Waals surface area contributed by atoms with Crippen LogP contribution >= 0.6 is 15.9 Å². The van der Waals surface area contributed by atoms with Gasteiger partial charge in [-0.3, -0.25) is 14.9 Å². The number of nitrogens with one attached hydrogen (secondary N) is 1. The van der Waals surface area contributed by atoms with Crippen molar-refractivity contribution in [3.05, 3.63) is 74.4 Å². The predicted octanol–water partition coefficient (Wildman–Crippen LogP) is 2.33. The molecule has 2 heterocycles. The maximum atomic E-state index is 12.8. The van der Waals surface area contributed by atoms with E-state index < -0.39 is 10.8 Å². The number of nitro benzene ring substituents is 1. The number of nitrogens with zero attached hydrogens (tertiary/aromatic N) is 7. The summed E-state index contributed by atoms with van der Waals surface area (Å²) in [6, 6.07) is 12.9. The lowest BCUT2D eigenvalue weighted by molar-refractivity contribution is -0.384. The van der Waals surface area contributed by atoms with Crippen LogP contribution in [0.2, 0.25) is 0 Å². The van der Waals surface area contributed by atoms with Gasteiger partial charge in [0.1, 0.15) is 5.69 Å². The average Bonchev–Trinajstić information content (AvgIpc) is 3.39. The largest absolute Gasteiger partial charge is 0.378 e. The topological polar surface area (TPSA) is 180 Å². The van der Waals surface area contributed by atoms with Gasteiger partial charge in [0.2, 0.25) is 11.6 Å². The molecule has 4 aromatic rings. The zero-order chi connectivity index (χ0) is 22.7. The summed E-state index contributed by atoms with van der Waals surface area (Å²) in [6.45, 7) is 0. The van der Waals surface area contributed by atoms with Crippen LogP contribution in [0.3, 0.4) is 0 Å². The van der Waals surface area contributed by atoms with Crippen molar-refractivity contribution in [2.75, 3.05) is 5.73 Å². The molecule has 4 rings (SSSR count). The summed E-state index contributed by atoms with van der Waals surface area (Å²) < 4.78 is 6.55. The van der Waals surface area contributed by atoms with E-state index in [0.717, 1.165) is 14.7 Å². The second-order valence-corrected chi connectivity index (χ2v) is 7.15. The molecule has 0 saturated heterocycles. The summed E-state index contributed by atoms with van der Waals surface area (Å²) in [4.78, 5) is 23.5. The second kappa shape index (κ2) is 8.73. The summed E-state index contributed by atoms with van der Waals surface area (Å²) >= 11 is 3.35. The Morgan fingerprint density at radius 1 is 1.25 bits per heavy atom. The molecule has 160 valence electrons. The molecule has 0 aliphatic carbocycles. The third-order valence-corrected chi connectivity index (χ3v) is 4.63. The number of nitrogens with two attached hydrogens (primary N) is 1. The first-order valence-electron chi connectivity index (χ1n) is 8.82. The van der Waals surface area contributed by atoms with Crippen molar-refractivity contribution in [1.82, 2.24) is 30.7 Å². The number of nitro groups is 1. The highest BCUT2D eigenvalue weighted by Crippen LogP contribution is 2.29. The number of non-ortho nitro benzene ring substituents is 1. The maximum absolute atomic E-state index is 12.8. The van der Waals surface area contributed by atoms with E-state index in [1.807, 2.05) is 12.1 Å². The molecule has 0 spiro atoms. The van der Waals surface area contributed by atoms with E-state index >= 15 is 0 Å². The third kappa shape index (κ3) is 4.20. The van der Waals surface area contributed by atoms with Gasteiger partial charge in [-0.15, -0.1) is 5.10 Å². The van der Waals surface area contributed by atoms with Crippen molar-refractivity contribution in [1.29, 1.82) is 0 Å². The number of hydrogen-bond acceptors (Lipinski definition) is 10. The van der Waals surface area contributed by atoms with Gasteiger partial charge in [-0.2, -0.15) is 9.78 Å². The molecule has 13 nitrogen and oxygen atoms in total. The van der Waals surface area contributed by atoms with Gasteiger partial charge in [0.25, 0.3) is 11.6 Å². The molecular weight excluding hydrogens is 486 g/mol. The van der Waals surface area contributed by atoms with E-state index in [1.54, 1.807) is 18.2 Å². The molecule has 32 heavy (non-hydrogen) atoms. The normalized spacial score (nSPS) is 11.0. The molecule has 14 heteroatoms. The molecule has 1 amide bonds.